The number of carbonyl (C=O) groups is 4. The average molecular weight is 444 g/mol. The molecule has 0 aromatic heterocycles. The summed E-state index contributed by atoms with van der Waals surface area (Å²) in [5.74, 6) is -1.04. The van der Waals surface area contributed by atoms with Crippen LogP contribution in [0.4, 0.5) is 0 Å². The first-order valence-corrected chi connectivity index (χ1v) is 10.2. The van der Waals surface area contributed by atoms with Crippen molar-refractivity contribution in [1.29, 1.82) is 0 Å². The summed E-state index contributed by atoms with van der Waals surface area (Å²) in [6.07, 6.45) is 0.788. The molecule has 2 aromatic rings. The monoisotopic (exact) mass is 443 g/mol. The Morgan fingerprint density at radius 3 is 2.10 bits per heavy atom. The lowest BCUT2D eigenvalue weighted by Gasteiger charge is -2.13. The number of fused-ring (bicyclic) bond motifs is 1. The summed E-state index contributed by atoms with van der Waals surface area (Å²) < 4.78 is 5.52. The number of halogens is 1. The molecule has 0 atom stereocenters. The number of nitrogens with zero attached hydrogens (tertiary/aromatic N) is 1. The molecule has 4 amide bonds. The third-order valence-electron chi connectivity index (χ3n) is 4.59. The van der Waals surface area contributed by atoms with Crippen molar-refractivity contribution in [3.8, 4) is 5.75 Å². The summed E-state index contributed by atoms with van der Waals surface area (Å²) in [6.45, 7) is 0.412. The Hall–Kier alpha value is -3.39. The number of imide groups is 1. The maximum absolute atomic E-state index is 12.2. The smallest absolute Gasteiger partial charge is 0.262 e. The maximum atomic E-state index is 12.2. The van der Waals surface area contributed by atoms with Crippen molar-refractivity contribution in [2.75, 3.05) is 26.2 Å². The summed E-state index contributed by atoms with van der Waals surface area (Å²) in [6, 6.07) is 13.6. The van der Waals surface area contributed by atoms with E-state index in [4.69, 9.17) is 16.3 Å². The zero-order chi connectivity index (χ0) is 22.2. The van der Waals surface area contributed by atoms with Crippen molar-refractivity contribution >= 4 is 35.2 Å². The fourth-order valence-electron chi connectivity index (χ4n) is 3.05. The highest BCUT2D eigenvalue weighted by Gasteiger charge is 2.36. The van der Waals surface area contributed by atoms with Crippen molar-refractivity contribution in [2.24, 2.45) is 0 Å². The normalized spacial score (nSPS) is 12.5. The summed E-state index contributed by atoms with van der Waals surface area (Å²) in [5, 5.41) is 5.80. The van der Waals surface area contributed by atoms with Crippen LogP contribution in [0.2, 0.25) is 5.02 Å². The molecule has 8 nitrogen and oxygen atoms in total. The fourth-order valence-corrected chi connectivity index (χ4v) is 3.24. The maximum Gasteiger partial charge on any atom is 0.262 e. The highest BCUT2D eigenvalue weighted by Crippen LogP contribution is 2.23. The molecule has 1 aliphatic rings. The minimum Gasteiger partial charge on any atom is -0.492 e. The third-order valence-corrected chi connectivity index (χ3v) is 4.90. The van der Waals surface area contributed by atoms with E-state index in [0.29, 0.717) is 34.9 Å². The van der Waals surface area contributed by atoms with Crippen molar-refractivity contribution in [3.05, 3.63) is 64.7 Å². The van der Waals surface area contributed by atoms with E-state index in [1.54, 1.807) is 42.5 Å². The Kier molecular flexibility index (Phi) is 7.61. The number of ether oxygens (including phenoxy) is 1. The van der Waals surface area contributed by atoms with Crippen LogP contribution in [0.3, 0.4) is 0 Å². The largest absolute Gasteiger partial charge is 0.492 e. The van der Waals surface area contributed by atoms with E-state index in [9.17, 15) is 19.2 Å². The number of benzene rings is 2. The minimum absolute atomic E-state index is 0.169. The van der Waals surface area contributed by atoms with Gasteiger partial charge in [0.2, 0.25) is 11.8 Å². The van der Waals surface area contributed by atoms with Crippen LogP contribution in [0.25, 0.3) is 0 Å². The second kappa shape index (κ2) is 10.6. The highest BCUT2D eigenvalue weighted by molar-refractivity contribution is 6.32. The number of nitrogens with one attached hydrogen (secondary N) is 2. The molecule has 3 rings (SSSR count). The van der Waals surface area contributed by atoms with Gasteiger partial charge in [-0.1, -0.05) is 35.9 Å². The van der Waals surface area contributed by atoms with Gasteiger partial charge in [-0.05, 0) is 30.7 Å². The Bertz CT molecular complexity index is 960. The molecule has 0 fully saturated rings. The molecular formula is C22H22ClN3O5. The first kappa shape index (κ1) is 22.3. The lowest BCUT2D eigenvalue weighted by atomic mass is 10.1. The van der Waals surface area contributed by atoms with Crippen LogP contribution in [0.15, 0.2) is 48.5 Å². The number of para-hydroxylation sites is 1. The molecule has 0 bridgehead atoms. The summed E-state index contributed by atoms with van der Waals surface area (Å²) in [4.78, 5) is 49.3. The van der Waals surface area contributed by atoms with Crippen molar-refractivity contribution < 1.29 is 23.9 Å². The number of hydrogen-bond acceptors (Lipinski definition) is 5. The first-order chi connectivity index (χ1) is 15.0. The Morgan fingerprint density at radius 2 is 1.45 bits per heavy atom. The van der Waals surface area contributed by atoms with E-state index in [1.807, 2.05) is 6.07 Å². The first-order valence-electron chi connectivity index (χ1n) is 9.83. The van der Waals surface area contributed by atoms with Crippen molar-refractivity contribution in [3.63, 3.8) is 0 Å². The zero-order valence-electron chi connectivity index (χ0n) is 16.7. The average Bonchev–Trinajstić information content (AvgIpc) is 3.00. The number of hydrogen-bond donors (Lipinski definition) is 2. The standard InChI is InChI=1S/C22H22ClN3O5/c23-17-8-3-4-9-18(17)31-13-5-10-19(27)24-11-12-25-20(28)14-26-21(29)15-6-1-2-7-16(15)22(26)30/h1-4,6-9H,5,10-14H2,(H,24,27)(H,25,28). The number of rotatable bonds is 10. The van der Waals surface area contributed by atoms with Crippen molar-refractivity contribution in [2.45, 2.75) is 12.8 Å². The van der Waals surface area contributed by atoms with E-state index >= 15 is 0 Å². The van der Waals surface area contributed by atoms with Gasteiger partial charge in [0.05, 0.1) is 22.8 Å². The van der Waals surface area contributed by atoms with Crippen molar-refractivity contribution in [1.82, 2.24) is 15.5 Å². The molecule has 0 saturated carbocycles. The van der Waals surface area contributed by atoms with Crippen LogP contribution in [0.5, 0.6) is 5.75 Å². The molecule has 2 aromatic carbocycles. The van der Waals surface area contributed by atoms with Gasteiger partial charge in [-0.15, -0.1) is 0 Å². The van der Waals surface area contributed by atoms with Gasteiger partial charge in [0.1, 0.15) is 12.3 Å². The molecule has 9 heteroatoms. The fraction of sp³-hybridized carbons (Fsp3) is 0.273. The van der Waals surface area contributed by atoms with Crippen LogP contribution in [0.1, 0.15) is 33.6 Å². The number of amides is 4. The van der Waals surface area contributed by atoms with Crippen LogP contribution >= 0.6 is 11.6 Å². The van der Waals surface area contributed by atoms with E-state index in [0.717, 1.165) is 4.90 Å². The SMILES string of the molecule is O=C(CCCOc1ccccc1Cl)NCCNC(=O)CN1C(=O)c2ccccc2C1=O. The van der Waals surface area contributed by atoms with Gasteiger partial charge >= 0.3 is 0 Å². The van der Waals surface area contributed by atoms with Gasteiger partial charge in [-0.2, -0.15) is 0 Å². The van der Waals surface area contributed by atoms with Crippen LogP contribution in [-0.4, -0.2) is 54.8 Å². The van der Waals surface area contributed by atoms with Gasteiger partial charge in [-0.25, -0.2) is 0 Å². The quantitative estimate of drug-likeness (QED) is 0.432. The zero-order valence-corrected chi connectivity index (χ0v) is 17.5. The molecule has 0 spiro atoms. The third kappa shape index (κ3) is 5.82. The van der Waals surface area contributed by atoms with Crippen LogP contribution in [-0.2, 0) is 9.59 Å². The molecule has 31 heavy (non-hydrogen) atoms. The molecule has 0 saturated heterocycles. The van der Waals surface area contributed by atoms with Gasteiger partial charge in [0.25, 0.3) is 11.8 Å². The molecule has 0 unspecified atom stereocenters. The second-order valence-corrected chi connectivity index (χ2v) is 7.23. The minimum atomic E-state index is -0.483. The van der Waals surface area contributed by atoms with E-state index in [2.05, 4.69) is 10.6 Å². The van der Waals surface area contributed by atoms with Gasteiger partial charge < -0.3 is 15.4 Å². The van der Waals surface area contributed by atoms with Crippen LogP contribution in [0, 0.1) is 0 Å². The Morgan fingerprint density at radius 1 is 0.871 bits per heavy atom. The van der Waals surface area contributed by atoms with Crippen LogP contribution < -0.4 is 15.4 Å². The summed E-state index contributed by atoms with van der Waals surface area (Å²) >= 11 is 5.99. The van der Waals surface area contributed by atoms with Gasteiger partial charge in [0.15, 0.2) is 0 Å². The lowest BCUT2D eigenvalue weighted by molar-refractivity contribution is -0.123. The van der Waals surface area contributed by atoms with E-state index in [1.165, 1.54) is 0 Å². The molecule has 2 N–H and O–H groups in total. The lowest BCUT2D eigenvalue weighted by Crippen LogP contribution is -2.42. The molecular weight excluding hydrogens is 422 g/mol. The molecule has 0 aliphatic carbocycles. The molecule has 162 valence electrons. The molecule has 1 heterocycles. The topological polar surface area (TPSA) is 105 Å². The Labute approximate surface area is 184 Å². The Balaban J connectivity index is 1.29. The van der Waals surface area contributed by atoms with E-state index in [-0.39, 0.29) is 32.0 Å². The van der Waals surface area contributed by atoms with E-state index < -0.39 is 17.7 Å². The van der Waals surface area contributed by atoms with Gasteiger partial charge in [0, 0.05) is 19.5 Å². The molecule has 1 aliphatic heterocycles. The van der Waals surface area contributed by atoms with Gasteiger partial charge in [-0.3, -0.25) is 24.1 Å². The second-order valence-electron chi connectivity index (χ2n) is 6.82. The predicted molar refractivity (Wildman–Crippen MR) is 114 cm³/mol. The number of carbonyl (C=O) groups excluding carboxylic acids is 4. The molecule has 0 radical (unpaired) electrons. The summed E-state index contributed by atoms with van der Waals surface area (Å²) in [5.41, 5.74) is 0.595. The predicted octanol–water partition coefficient (Wildman–Crippen LogP) is 2.03. The summed E-state index contributed by atoms with van der Waals surface area (Å²) in [7, 11) is 0. The highest BCUT2D eigenvalue weighted by atomic mass is 35.5.